The molecular weight excluding hydrogens is 379 g/mol. The highest BCUT2D eigenvalue weighted by Crippen LogP contribution is 2.34. The molecule has 2 aromatic rings. The van der Waals surface area contributed by atoms with Crippen LogP contribution < -0.4 is 9.64 Å². The second-order valence-electron chi connectivity index (χ2n) is 6.61. The minimum absolute atomic E-state index is 0.0265. The van der Waals surface area contributed by atoms with Crippen LogP contribution >= 0.6 is 11.6 Å². The Morgan fingerprint density at radius 3 is 2.44 bits per heavy atom. The molecule has 8 heteroatoms. The molecule has 3 rings (SSSR count). The number of alkyl halides is 3. The number of pyridine rings is 1. The van der Waals surface area contributed by atoms with Gasteiger partial charge in [-0.2, -0.15) is 13.2 Å². The zero-order valence-electron chi connectivity index (χ0n) is 15.2. The van der Waals surface area contributed by atoms with Gasteiger partial charge >= 0.3 is 6.18 Å². The van der Waals surface area contributed by atoms with Crippen molar-refractivity contribution in [2.45, 2.75) is 19.6 Å². The molecule has 0 unspecified atom stereocenters. The summed E-state index contributed by atoms with van der Waals surface area (Å²) < 4.78 is 43.7. The second-order valence-corrected chi connectivity index (χ2v) is 7.01. The summed E-state index contributed by atoms with van der Waals surface area (Å²) in [6.07, 6.45) is -3.61. The van der Waals surface area contributed by atoms with Gasteiger partial charge in [0.15, 0.2) is 0 Å². The Hall–Kier alpha value is -1.99. The summed E-state index contributed by atoms with van der Waals surface area (Å²) in [4.78, 5) is 8.16. The first-order chi connectivity index (χ1) is 12.8. The molecule has 2 heterocycles. The summed E-state index contributed by atoms with van der Waals surface area (Å²) >= 11 is 6.06. The molecule has 146 valence electrons. The molecule has 1 aliphatic rings. The number of piperazine rings is 1. The number of nitrogens with zero attached hydrogens (tertiary/aromatic N) is 3. The van der Waals surface area contributed by atoms with E-state index in [1.165, 1.54) is 5.56 Å². The molecule has 0 saturated carbocycles. The molecule has 0 aliphatic carbocycles. The summed E-state index contributed by atoms with van der Waals surface area (Å²) in [6, 6.07) is 7.03. The lowest BCUT2D eigenvalue weighted by atomic mass is 10.1. The largest absolute Gasteiger partial charge is 0.496 e. The van der Waals surface area contributed by atoms with Crippen molar-refractivity contribution in [3.8, 4) is 5.75 Å². The zero-order valence-corrected chi connectivity index (χ0v) is 15.9. The molecule has 27 heavy (non-hydrogen) atoms. The Balaban J connectivity index is 1.65. The van der Waals surface area contributed by atoms with Crippen molar-refractivity contribution in [3.05, 3.63) is 52.2 Å². The van der Waals surface area contributed by atoms with Gasteiger partial charge in [0.1, 0.15) is 11.6 Å². The first-order valence-electron chi connectivity index (χ1n) is 8.61. The fraction of sp³-hybridized carbons (Fsp3) is 0.421. The number of aryl methyl sites for hydroxylation is 1. The molecule has 0 radical (unpaired) electrons. The molecule has 0 spiro atoms. The van der Waals surface area contributed by atoms with E-state index in [4.69, 9.17) is 16.3 Å². The van der Waals surface area contributed by atoms with E-state index >= 15 is 0 Å². The topological polar surface area (TPSA) is 28.6 Å². The standard InChI is InChI=1S/C19H21ClF3N3O/c1-13-3-4-17(27-2)14(9-13)12-25-5-7-26(8-6-25)18-16(20)10-15(11-24-18)19(21,22)23/h3-4,9-11H,5-8,12H2,1-2H3. The molecular formula is C19H21ClF3N3O. The monoisotopic (exact) mass is 399 g/mol. The van der Waals surface area contributed by atoms with E-state index in [1.807, 2.05) is 24.0 Å². The van der Waals surface area contributed by atoms with Crippen LogP contribution in [0.5, 0.6) is 5.75 Å². The maximum Gasteiger partial charge on any atom is 0.417 e. The van der Waals surface area contributed by atoms with Crippen LogP contribution in [0.15, 0.2) is 30.5 Å². The highest BCUT2D eigenvalue weighted by Gasteiger charge is 2.32. The van der Waals surface area contributed by atoms with E-state index in [1.54, 1.807) is 7.11 Å². The Labute approximate surface area is 161 Å². The predicted molar refractivity (Wildman–Crippen MR) is 99.5 cm³/mol. The van der Waals surface area contributed by atoms with Crippen molar-refractivity contribution < 1.29 is 17.9 Å². The number of rotatable bonds is 4. The first-order valence-corrected chi connectivity index (χ1v) is 8.99. The summed E-state index contributed by atoms with van der Waals surface area (Å²) in [5.74, 6) is 1.26. The Bertz CT molecular complexity index is 805. The number of ether oxygens (including phenoxy) is 1. The zero-order chi connectivity index (χ0) is 19.6. The third-order valence-corrected chi connectivity index (χ3v) is 4.93. The van der Waals surface area contributed by atoms with Gasteiger partial charge in [-0.1, -0.05) is 29.3 Å². The van der Waals surface area contributed by atoms with Crippen molar-refractivity contribution >= 4 is 17.4 Å². The smallest absolute Gasteiger partial charge is 0.417 e. The average molecular weight is 400 g/mol. The molecule has 0 amide bonds. The number of methoxy groups -OCH3 is 1. The number of hydrogen-bond donors (Lipinski definition) is 0. The lowest BCUT2D eigenvalue weighted by Crippen LogP contribution is -2.46. The summed E-state index contributed by atoms with van der Waals surface area (Å²) in [6.45, 7) is 5.61. The van der Waals surface area contributed by atoms with Crippen molar-refractivity contribution in [1.29, 1.82) is 0 Å². The van der Waals surface area contributed by atoms with Crippen molar-refractivity contribution in [1.82, 2.24) is 9.88 Å². The molecule has 1 fully saturated rings. The van der Waals surface area contributed by atoms with E-state index in [-0.39, 0.29) is 5.02 Å². The molecule has 0 bridgehead atoms. The summed E-state index contributed by atoms with van der Waals surface area (Å²) in [5.41, 5.74) is 1.46. The maximum absolute atomic E-state index is 12.8. The predicted octanol–water partition coefficient (Wildman–Crippen LogP) is 4.39. The quantitative estimate of drug-likeness (QED) is 0.762. The van der Waals surface area contributed by atoms with Gasteiger partial charge in [0.05, 0.1) is 17.7 Å². The minimum Gasteiger partial charge on any atom is -0.496 e. The fourth-order valence-electron chi connectivity index (χ4n) is 3.21. The highest BCUT2D eigenvalue weighted by atomic mass is 35.5. The molecule has 4 nitrogen and oxygen atoms in total. The number of anilines is 1. The SMILES string of the molecule is COc1ccc(C)cc1CN1CCN(c2ncc(C(F)(F)F)cc2Cl)CC1. The molecule has 1 aliphatic heterocycles. The van der Waals surface area contributed by atoms with Crippen LogP contribution in [0.25, 0.3) is 0 Å². The van der Waals surface area contributed by atoms with Gasteiger partial charge in [-0.15, -0.1) is 0 Å². The number of hydrogen-bond acceptors (Lipinski definition) is 4. The van der Waals surface area contributed by atoms with E-state index in [2.05, 4.69) is 16.0 Å². The van der Waals surface area contributed by atoms with Gasteiger partial charge in [0.25, 0.3) is 0 Å². The fourth-order valence-corrected chi connectivity index (χ4v) is 3.49. The number of benzene rings is 1. The summed E-state index contributed by atoms with van der Waals surface area (Å²) in [5, 5.41) is 0.0265. The van der Waals surface area contributed by atoms with Crippen LogP contribution in [0.3, 0.4) is 0 Å². The van der Waals surface area contributed by atoms with Crippen LogP contribution in [0.4, 0.5) is 19.0 Å². The Kier molecular flexibility index (Phi) is 5.81. The number of aromatic nitrogens is 1. The van der Waals surface area contributed by atoms with Crippen molar-refractivity contribution in [2.24, 2.45) is 0 Å². The van der Waals surface area contributed by atoms with E-state index in [0.717, 1.165) is 43.2 Å². The van der Waals surface area contributed by atoms with E-state index in [0.29, 0.717) is 18.9 Å². The maximum atomic E-state index is 12.8. The normalized spacial score (nSPS) is 15.9. The van der Waals surface area contributed by atoms with Crippen LogP contribution in [0.2, 0.25) is 5.02 Å². The van der Waals surface area contributed by atoms with Crippen molar-refractivity contribution in [2.75, 3.05) is 38.2 Å². The van der Waals surface area contributed by atoms with Gasteiger partial charge in [0.2, 0.25) is 0 Å². The van der Waals surface area contributed by atoms with Crippen LogP contribution in [-0.2, 0) is 12.7 Å². The van der Waals surface area contributed by atoms with Crippen LogP contribution in [-0.4, -0.2) is 43.2 Å². The van der Waals surface area contributed by atoms with Gasteiger partial charge in [0, 0.05) is 44.5 Å². The van der Waals surface area contributed by atoms with E-state index in [9.17, 15) is 13.2 Å². The molecule has 1 aromatic carbocycles. The highest BCUT2D eigenvalue weighted by molar-refractivity contribution is 6.33. The number of halogens is 4. The third-order valence-electron chi connectivity index (χ3n) is 4.65. The lowest BCUT2D eigenvalue weighted by Gasteiger charge is -2.36. The van der Waals surface area contributed by atoms with Crippen LogP contribution in [0, 0.1) is 6.92 Å². The van der Waals surface area contributed by atoms with Gasteiger partial charge < -0.3 is 9.64 Å². The average Bonchev–Trinajstić information content (AvgIpc) is 2.62. The Morgan fingerprint density at radius 1 is 1.15 bits per heavy atom. The first kappa shape index (κ1) is 19.8. The minimum atomic E-state index is -4.44. The third kappa shape index (κ3) is 4.65. The van der Waals surface area contributed by atoms with E-state index < -0.39 is 11.7 Å². The van der Waals surface area contributed by atoms with Crippen LogP contribution in [0.1, 0.15) is 16.7 Å². The van der Waals surface area contributed by atoms with Gasteiger partial charge in [-0.3, -0.25) is 4.90 Å². The molecule has 0 N–H and O–H groups in total. The molecule has 0 atom stereocenters. The molecule has 1 aromatic heterocycles. The Morgan fingerprint density at radius 2 is 1.85 bits per heavy atom. The second kappa shape index (κ2) is 7.94. The van der Waals surface area contributed by atoms with Gasteiger partial charge in [-0.25, -0.2) is 4.98 Å². The molecule has 1 saturated heterocycles. The lowest BCUT2D eigenvalue weighted by molar-refractivity contribution is -0.137. The van der Waals surface area contributed by atoms with Crippen molar-refractivity contribution in [3.63, 3.8) is 0 Å². The summed E-state index contributed by atoms with van der Waals surface area (Å²) in [7, 11) is 1.66. The van der Waals surface area contributed by atoms with Gasteiger partial charge in [-0.05, 0) is 19.1 Å².